The van der Waals surface area contributed by atoms with E-state index in [-0.39, 0.29) is 28.3 Å². The third kappa shape index (κ3) is 4.62. The molecule has 1 fully saturated rings. The molecule has 2 aromatic carbocycles. The van der Waals surface area contributed by atoms with Crippen LogP contribution in [0.4, 0.5) is 5.69 Å². The second-order valence-corrected chi connectivity index (χ2v) is 10.5. The number of likely N-dealkylation sites (tertiary alicyclic amines) is 1. The van der Waals surface area contributed by atoms with Gasteiger partial charge in [-0.3, -0.25) is 14.4 Å². The molecule has 0 aliphatic carbocycles. The van der Waals surface area contributed by atoms with Gasteiger partial charge in [-0.25, -0.2) is 4.68 Å². The zero-order valence-electron chi connectivity index (χ0n) is 21.2. The van der Waals surface area contributed by atoms with Crippen molar-refractivity contribution in [2.75, 3.05) is 31.1 Å². The predicted molar refractivity (Wildman–Crippen MR) is 141 cm³/mol. The topological polar surface area (TPSA) is 128 Å². The van der Waals surface area contributed by atoms with Crippen molar-refractivity contribution in [3.63, 3.8) is 0 Å². The van der Waals surface area contributed by atoms with Crippen molar-refractivity contribution in [2.24, 2.45) is 11.5 Å². The standard InChI is InChI=1S/C28H32N6O3/c1-28(2,17-32-13-3-4-14-32)19-8-10-20(11-9-19)33-15-12-22-23(26(30)36)31-34(24(22)27(33)37)21-7-5-6-18(16-21)25(29)35/h5-11,16H,3-4,12-15,17H2,1-2H3,(H2,29,35)(H2,30,36). The molecule has 192 valence electrons. The number of carbonyl (C=O) groups excluding carboxylic acids is 3. The van der Waals surface area contributed by atoms with Gasteiger partial charge in [0, 0.05) is 35.3 Å². The molecule has 9 heteroatoms. The lowest BCUT2D eigenvalue weighted by Crippen LogP contribution is -2.39. The Morgan fingerprint density at radius 3 is 2.30 bits per heavy atom. The van der Waals surface area contributed by atoms with Gasteiger partial charge in [0.25, 0.3) is 11.8 Å². The number of rotatable bonds is 7. The molecule has 0 saturated carbocycles. The Hall–Kier alpha value is -3.98. The van der Waals surface area contributed by atoms with Crippen LogP contribution in [0.1, 0.15) is 69.2 Å². The Labute approximate surface area is 216 Å². The Kier molecular flexibility index (Phi) is 6.33. The first-order valence-corrected chi connectivity index (χ1v) is 12.6. The number of nitrogens with two attached hydrogens (primary N) is 2. The average Bonchev–Trinajstić information content (AvgIpc) is 3.52. The number of anilines is 1. The van der Waals surface area contributed by atoms with E-state index in [2.05, 4.69) is 36.0 Å². The van der Waals surface area contributed by atoms with E-state index in [0.717, 1.165) is 25.3 Å². The van der Waals surface area contributed by atoms with Crippen LogP contribution in [0, 0.1) is 0 Å². The maximum Gasteiger partial charge on any atom is 0.277 e. The number of hydrogen-bond acceptors (Lipinski definition) is 5. The second kappa shape index (κ2) is 9.48. The highest BCUT2D eigenvalue weighted by molar-refractivity contribution is 6.09. The Morgan fingerprint density at radius 2 is 1.65 bits per heavy atom. The van der Waals surface area contributed by atoms with Crippen LogP contribution in [0.25, 0.3) is 5.69 Å². The second-order valence-electron chi connectivity index (χ2n) is 10.5. The van der Waals surface area contributed by atoms with E-state index >= 15 is 0 Å². The quantitative estimate of drug-likeness (QED) is 0.516. The molecule has 3 aromatic rings. The minimum atomic E-state index is -0.702. The van der Waals surface area contributed by atoms with E-state index in [0.29, 0.717) is 24.2 Å². The summed E-state index contributed by atoms with van der Waals surface area (Å²) in [6.45, 7) is 8.20. The van der Waals surface area contributed by atoms with E-state index in [1.165, 1.54) is 23.1 Å². The highest BCUT2D eigenvalue weighted by Gasteiger charge is 2.35. The van der Waals surface area contributed by atoms with Crippen LogP contribution in [-0.2, 0) is 11.8 Å². The lowest BCUT2D eigenvalue weighted by Gasteiger charge is -2.32. The van der Waals surface area contributed by atoms with Crippen LogP contribution in [-0.4, -0.2) is 58.6 Å². The molecule has 0 unspecified atom stereocenters. The van der Waals surface area contributed by atoms with E-state index < -0.39 is 11.8 Å². The molecule has 0 spiro atoms. The Balaban J connectivity index is 1.47. The van der Waals surface area contributed by atoms with Gasteiger partial charge in [-0.2, -0.15) is 5.10 Å². The lowest BCUT2D eigenvalue weighted by molar-refractivity contribution is 0.0971. The summed E-state index contributed by atoms with van der Waals surface area (Å²) >= 11 is 0. The summed E-state index contributed by atoms with van der Waals surface area (Å²) in [6.07, 6.45) is 2.95. The van der Waals surface area contributed by atoms with Crippen LogP contribution in [0.3, 0.4) is 0 Å². The number of aromatic nitrogens is 2. The summed E-state index contributed by atoms with van der Waals surface area (Å²) in [5.74, 6) is -1.58. The third-order valence-electron chi connectivity index (χ3n) is 7.40. The van der Waals surface area contributed by atoms with Crippen LogP contribution in [0.5, 0.6) is 0 Å². The number of benzene rings is 2. The fraction of sp³-hybridized carbons (Fsp3) is 0.357. The first-order chi connectivity index (χ1) is 17.7. The van der Waals surface area contributed by atoms with Crippen molar-refractivity contribution in [3.05, 3.63) is 76.6 Å². The van der Waals surface area contributed by atoms with Crippen molar-refractivity contribution >= 4 is 23.4 Å². The zero-order valence-corrected chi connectivity index (χ0v) is 21.2. The molecule has 0 atom stereocenters. The van der Waals surface area contributed by atoms with Crippen LogP contribution >= 0.6 is 0 Å². The highest BCUT2D eigenvalue weighted by Crippen LogP contribution is 2.32. The van der Waals surface area contributed by atoms with Gasteiger partial charge in [0.1, 0.15) is 5.69 Å². The monoisotopic (exact) mass is 500 g/mol. The van der Waals surface area contributed by atoms with Crippen molar-refractivity contribution in [3.8, 4) is 5.69 Å². The molecule has 4 N–H and O–H groups in total. The number of amides is 3. The Bertz CT molecular complexity index is 1370. The summed E-state index contributed by atoms with van der Waals surface area (Å²) in [5, 5.41) is 4.37. The molecular weight excluding hydrogens is 468 g/mol. The minimum absolute atomic E-state index is 0.0115. The molecule has 0 bridgehead atoms. The molecule has 3 heterocycles. The zero-order chi connectivity index (χ0) is 26.3. The fourth-order valence-electron chi connectivity index (χ4n) is 5.47. The fourth-order valence-corrected chi connectivity index (χ4v) is 5.47. The molecule has 1 saturated heterocycles. The van der Waals surface area contributed by atoms with Crippen LogP contribution in [0.2, 0.25) is 0 Å². The molecule has 3 amide bonds. The molecule has 2 aliphatic rings. The normalized spacial score (nSPS) is 16.2. The number of primary amides is 2. The number of carbonyl (C=O) groups is 3. The van der Waals surface area contributed by atoms with Crippen molar-refractivity contribution < 1.29 is 14.4 Å². The van der Waals surface area contributed by atoms with Gasteiger partial charge in [0.05, 0.1) is 5.69 Å². The summed E-state index contributed by atoms with van der Waals surface area (Å²) in [5.41, 5.74) is 14.6. The maximum absolute atomic E-state index is 13.8. The SMILES string of the molecule is CC(C)(CN1CCCC1)c1ccc(N2CCc3c(C(N)=O)nn(-c4cccc(C(N)=O)c4)c3C2=O)cc1. The molecule has 0 radical (unpaired) electrons. The smallest absolute Gasteiger partial charge is 0.277 e. The van der Waals surface area contributed by atoms with Gasteiger partial charge >= 0.3 is 0 Å². The lowest BCUT2D eigenvalue weighted by atomic mass is 9.84. The summed E-state index contributed by atoms with van der Waals surface area (Å²) in [7, 11) is 0. The van der Waals surface area contributed by atoms with E-state index in [9.17, 15) is 14.4 Å². The molecule has 37 heavy (non-hydrogen) atoms. The van der Waals surface area contributed by atoms with Gasteiger partial charge in [-0.15, -0.1) is 0 Å². The average molecular weight is 501 g/mol. The first-order valence-electron chi connectivity index (χ1n) is 12.6. The number of nitrogens with zero attached hydrogens (tertiary/aromatic N) is 4. The van der Waals surface area contributed by atoms with Gasteiger partial charge in [-0.1, -0.05) is 32.0 Å². The van der Waals surface area contributed by atoms with E-state index in [1.807, 2.05) is 12.1 Å². The molecule has 5 rings (SSSR count). The highest BCUT2D eigenvalue weighted by atomic mass is 16.2. The number of fused-ring (bicyclic) bond motifs is 1. The van der Waals surface area contributed by atoms with Gasteiger partial charge in [-0.05, 0) is 68.2 Å². The van der Waals surface area contributed by atoms with Gasteiger partial charge in [0.2, 0.25) is 5.91 Å². The Morgan fingerprint density at radius 1 is 0.946 bits per heavy atom. The number of hydrogen-bond donors (Lipinski definition) is 2. The van der Waals surface area contributed by atoms with Crippen molar-refractivity contribution in [1.82, 2.24) is 14.7 Å². The summed E-state index contributed by atoms with van der Waals surface area (Å²) in [4.78, 5) is 41.9. The van der Waals surface area contributed by atoms with Crippen LogP contribution < -0.4 is 16.4 Å². The van der Waals surface area contributed by atoms with Crippen molar-refractivity contribution in [2.45, 2.75) is 38.5 Å². The summed E-state index contributed by atoms with van der Waals surface area (Å²) in [6, 6.07) is 14.6. The molecule has 1 aromatic heterocycles. The third-order valence-corrected chi connectivity index (χ3v) is 7.40. The maximum atomic E-state index is 13.8. The van der Waals surface area contributed by atoms with Crippen LogP contribution in [0.15, 0.2) is 48.5 Å². The minimum Gasteiger partial charge on any atom is -0.366 e. The predicted octanol–water partition coefficient (Wildman–Crippen LogP) is 2.65. The van der Waals surface area contributed by atoms with E-state index in [4.69, 9.17) is 11.5 Å². The molecule has 2 aliphatic heterocycles. The van der Waals surface area contributed by atoms with E-state index in [1.54, 1.807) is 29.2 Å². The van der Waals surface area contributed by atoms with Gasteiger partial charge < -0.3 is 21.3 Å². The van der Waals surface area contributed by atoms with Crippen molar-refractivity contribution in [1.29, 1.82) is 0 Å². The molecular formula is C28H32N6O3. The first kappa shape index (κ1) is 24.7. The molecule has 9 nitrogen and oxygen atoms in total. The largest absolute Gasteiger partial charge is 0.366 e. The summed E-state index contributed by atoms with van der Waals surface area (Å²) < 4.78 is 1.39. The van der Waals surface area contributed by atoms with Gasteiger partial charge in [0.15, 0.2) is 5.69 Å².